The molecule has 0 unspecified atom stereocenters. The number of hydrogen-bond donors (Lipinski definition) is 1. The number of anilines is 1. The number of hydrogen-bond acceptors (Lipinski definition) is 7. The number of Topliss-reactive ketones (excluding diaryl/α,β-unsaturated/α-hetero) is 1. The van der Waals surface area contributed by atoms with Gasteiger partial charge in [0.05, 0.1) is 34.9 Å². The van der Waals surface area contributed by atoms with Crippen molar-refractivity contribution in [3.05, 3.63) is 78.4 Å². The first-order valence-electron chi connectivity index (χ1n) is 10.9. The van der Waals surface area contributed by atoms with E-state index < -0.39 is 10.0 Å². The van der Waals surface area contributed by atoms with Gasteiger partial charge in [-0.1, -0.05) is 24.3 Å². The van der Waals surface area contributed by atoms with Gasteiger partial charge in [0.2, 0.25) is 10.0 Å². The zero-order chi connectivity index (χ0) is 23.5. The van der Waals surface area contributed by atoms with E-state index in [0.717, 1.165) is 26.5 Å². The Morgan fingerprint density at radius 2 is 1.76 bits per heavy atom. The maximum Gasteiger partial charge on any atom is 0.243 e. The third-order valence-electron chi connectivity index (χ3n) is 5.64. The fraction of sp³-hybridized carbons (Fsp3) is 0.200. The minimum atomic E-state index is -3.65. The molecule has 4 aromatic rings. The molecule has 0 amide bonds. The van der Waals surface area contributed by atoms with Crippen LogP contribution in [-0.4, -0.2) is 56.3 Å². The monoisotopic (exact) mass is 493 g/mol. The van der Waals surface area contributed by atoms with Crippen molar-refractivity contribution in [2.75, 3.05) is 38.2 Å². The number of fused-ring (bicyclic) bond motifs is 1. The van der Waals surface area contributed by atoms with E-state index in [0.29, 0.717) is 31.9 Å². The van der Waals surface area contributed by atoms with E-state index in [2.05, 4.69) is 16.4 Å². The van der Waals surface area contributed by atoms with Crippen molar-refractivity contribution in [1.29, 1.82) is 0 Å². The predicted molar refractivity (Wildman–Crippen MR) is 134 cm³/mol. The highest BCUT2D eigenvalue weighted by atomic mass is 32.2. The summed E-state index contributed by atoms with van der Waals surface area (Å²) >= 11 is 1.64. The van der Waals surface area contributed by atoms with Crippen molar-refractivity contribution in [1.82, 2.24) is 9.29 Å². The lowest BCUT2D eigenvalue weighted by atomic mass is 10.1. The maximum absolute atomic E-state index is 12.9. The number of morpholine rings is 1. The van der Waals surface area contributed by atoms with E-state index in [-0.39, 0.29) is 17.2 Å². The van der Waals surface area contributed by atoms with Crippen molar-refractivity contribution >= 4 is 43.0 Å². The molecule has 0 spiro atoms. The zero-order valence-electron chi connectivity index (χ0n) is 18.3. The van der Waals surface area contributed by atoms with Crippen LogP contribution in [0.25, 0.3) is 20.8 Å². The lowest BCUT2D eigenvalue weighted by molar-refractivity contribution is 0.0730. The number of nitrogens with zero attached hydrogens (tertiary/aromatic N) is 2. The number of aromatic nitrogens is 1. The summed E-state index contributed by atoms with van der Waals surface area (Å²) in [5, 5.41) is 4.07. The van der Waals surface area contributed by atoms with Gasteiger partial charge in [-0.3, -0.25) is 4.79 Å². The smallest absolute Gasteiger partial charge is 0.243 e. The van der Waals surface area contributed by atoms with Gasteiger partial charge >= 0.3 is 0 Å². The minimum Gasteiger partial charge on any atom is -0.379 e. The molecule has 1 aromatic heterocycles. The lowest BCUT2D eigenvalue weighted by Crippen LogP contribution is -2.40. The Kier molecular flexibility index (Phi) is 6.42. The molecule has 174 valence electrons. The minimum absolute atomic E-state index is 0.0571. The van der Waals surface area contributed by atoms with Gasteiger partial charge in [-0.05, 0) is 48.5 Å². The van der Waals surface area contributed by atoms with Crippen LogP contribution in [0.3, 0.4) is 0 Å². The van der Waals surface area contributed by atoms with Gasteiger partial charge in [-0.15, -0.1) is 11.3 Å². The normalized spacial score (nSPS) is 14.8. The van der Waals surface area contributed by atoms with Crippen LogP contribution in [0.2, 0.25) is 0 Å². The van der Waals surface area contributed by atoms with Gasteiger partial charge in [0.15, 0.2) is 5.78 Å². The van der Waals surface area contributed by atoms with E-state index in [1.165, 1.54) is 16.4 Å². The SMILES string of the molecule is O=C(CNc1ccc(-c2nc3ccccc3s2)cc1)c1cccc(S(=O)(=O)N2CCOCC2)c1. The van der Waals surface area contributed by atoms with E-state index in [9.17, 15) is 13.2 Å². The quantitative estimate of drug-likeness (QED) is 0.387. The number of carbonyl (C=O) groups excluding carboxylic acids is 1. The van der Waals surface area contributed by atoms with Crippen LogP contribution in [0.4, 0.5) is 5.69 Å². The van der Waals surface area contributed by atoms with Crippen LogP contribution in [0.15, 0.2) is 77.7 Å². The second-order valence-corrected chi connectivity index (χ2v) is 10.9. The highest BCUT2D eigenvalue weighted by Crippen LogP contribution is 2.30. The molecule has 34 heavy (non-hydrogen) atoms. The third kappa shape index (κ3) is 4.74. The number of ether oxygens (including phenoxy) is 1. The molecule has 1 N–H and O–H groups in total. The Morgan fingerprint density at radius 3 is 2.53 bits per heavy atom. The Hall–Kier alpha value is -3.11. The van der Waals surface area contributed by atoms with Gasteiger partial charge in [-0.25, -0.2) is 13.4 Å². The van der Waals surface area contributed by atoms with Gasteiger partial charge < -0.3 is 10.1 Å². The highest BCUT2D eigenvalue weighted by Gasteiger charge is 2.26. The molecule has 7 nitrogen and oxygen atoms in total. The molecule has 0 aliphatic carbocycles. The number of thiazole rings is 1. The summed E-state index contributed by atoms with van der Waals surface area (Å²) in [5.41, 5.74) is 3.15. The number of sulfonamides is 1. The number of ketones is 1. The van der Waals surface area contributed by atoms with Crippen molar-refractivity contribution in [2.45, 2.75) is 4.90 Å². The predicted octanol–water partition coefficient (Wildman–Crippen LogP) is 4.28. The molecule has 1 aliphatic heterocycles. The standard InChI is InChI=1S/C25H23N3O4S2/c29-23(19-4-3-5-21(16-19)34(30,31)28-12-14-32-15-13-28)17-26-20-10-8-18(9-11-20)25-27-22-6-1-2-7-24(22)33-25/h1-11,16,26H,12-15,17H2. The molecule has 1 saturated heterocycles. The summed E-state index contributed by atoms with van der Waals surface area (Å²) in [7, 11) is -3.65. The molecule has 0 atom stereocenters. The third-order valence-corrected chi connectivity index (χ3v) is 8.62. The summed E-state index contributed by atoms with van der Waals surface area (Å²) in [6, 6.07) is 22.0. The first-order chi connectivity index (χ1) is 16.5. The molecular formula is C25H23N3O4S2. The average Bonchev–Trinajstić information content (AvgIpc) is 3.32. The maximum atomic E-state index is 12.9. The second kappa shape index (κ2) is 9.63. The largest absolute Gasteiger partial charge is 0.379 e. The summed E-state index contributed by atoms with van der Waals surface area (Å²) in [4.78, 5) is 17.6. The molecule has 5 rings (SSSR count). The molecule has 2 heterocycles. The van der Waals surface area contributed by atoms with E-state index in [4.69, 9.17) is 4.74 Å². The van der Waals surface area contributed by atoms with Gasteiger partial charge in [-0.2, -0.15) is 4.31 Å². The summed E-state index contributed by atoms with van der Waals surface area (Å²) in [5.74, 6) is -0.186. The van der Waals surface area contributed by atoms with E-state index in [1.807, 2.05) is 42.5 Å². The van der Waals surface area contributed by atoms with E-state index in [1.54, 1.807) is 23.5 Å². The molecule has 0 saturated carbocycles. The van der Waals surface area contributed by atoms with Gasteiger partial charge in [0.25, 0.3) is 0 Å². The summed E-state index contributed by atoms with van der Waals surface area (Å²) in [6.07, 6.45) is 0. The van der Waals surface area contributed by atoms with Crippen molar-refractivity contribution in [3.8, 4) is 10.6 Å². The van der Waals surface area contributed by atoms with Crippen LogP contribution in [0, 0.1) is 0 Å². The van der Waals surface area contributed by atoms with Crippen LogP contribution in [-0.2, 0) is 14.8 Å². The fourth-order valence-corrected chi connectivity index (χ4v) is 6.20. The molecule has 0 bridgehead atoms. The van der Waals surface area contributed by atoms with E-state index >= 15 is 0 Å². The van der Waals surface area contributed by atoms with Crippen LogP contribution in [0.5, 0.6) is 0 Å². The average molecular weight is 494 g/mol. The molecule has 1 fully saturated rings. The van der Waals surface area contributed by atoms with Crippen molar-refractivity contribution in [2.24, 2.45) is 0 Å². The Labute approximate surface area is 202 Å². The Balaban J connectivity index is 1.25. The highest BCUT2D eigenvalue weighted by molar-refractivity contribution is 7.89. The Morgan fingerprint density at radius 1 is 1.00 bits per heavy atom. The van der Waals surface area contributed by atoms with Crippen molar-refractivity contribution in [3.63, 3.8) is 0 Å². The van der Waals surface area contributed by atoms with Gasteiger partial charge in [0, 0.05) is 29.9 Å². The topological polar surface area (TPSA) is 88.6 Å². The molecule has 0 radical (unpaired) electrons. The molecule has 9 heteroatoms. The summed E-state index contributed by atoms with van der Waals surface area (Å²) < 4.78 is 33.6. The first kappa shape index (κ1) is 22.7. The number of nitrogens with one attached hydrogen (secondary N) is 1. The fourth-order valence-electron chi connectivity index (χ4n) is 3.78. The number of para-hydroxylation sites is 1. The first-order valence-corrected chi connectivity index (χ1v) is 13.2. The van der Waals surface area contributed by atoms with Crippen molar-refractivity contribution < 1.29 is 17.9 Å². The number of carbonyl (C=O) groups is 1. The van der Waals surface area contributed by atoms with Crippen LogP contribution >= 0.6 is 11.3 Å². The molecular weight excluding hydrogens is 470 g/mol. The van der Waals surface area contributed by atoms with Gasteiger partial charge in [0.1, 0.15) is 5.01 Å². The van der Waals surface area contributed by atoms with Crippen LogP contribution in [0.1, 0.15) is 10.4 Å². The number of rotatable bonds is 7. The zero-order valence-corrected chi connectivity index (χ0v) is 19.9. The van der Waals surface area contributed by atoms with Crippen LogP contribution < -0.4 is 5.32 Å². The molecule has 3 aromatic carbocycles. The lowest BCUT2D eigenvalue weighted by Gasteiger charge is -2.26. The number of benzene rings is 3. The summed E-state index contributed by atoms with van der Waals surface area (Å²) in [6.45, 7) is 1.44. The second-order valence-electron chi connectivity index (χ2n) is 7.89. The molecule has 1 aliphatic rings. The Bertz CT molecular complexity index is 1390.